The van der Waals surface area contributed by atoms with Gasteiger partial charge in [0.15, 0.2) is 0 Å². The molecular formula is C17H16F3N3O4. The van der Waals surface area contributed by atoms with Crippen molar-refractivity contribution in [2.75, 3.05) is 11.9 Å². The summed E-state index contributed by atoms with van der Waals surface area (Å²) in [7, 11) is 0. The van der Waals surface area contributed by atoms with Crippen molar-refractivity contribution in [3.63, 3.8) is 0 Å². The Morgan fingerprint density at radius 1 is 1.26 bits per heavy atom. The van der Waals surface area contributed by atoms with E-state index in [4.69, 9.17) is 4.74 Å². The van der Waals surface area contributed by atoms with Crippen molar-refractivity contribution in [1.82, 2.24) is 9.55 Å². The average molecular weight is 383 g/mol. The third-order valence-corrected chi connectivity index (χ3v) is 4.19. The molecule has 2 N–H and O–H groups in total. The van der Waals surface area contributed by atoms with Crippen LogP contribution in [0.15, 0.2) is 40.1 Å². The summed E-state index contributed by atoms with van der Waals surface area (Å²) in [6.07, 6.45) is -2.26. The molecule has 2 aromatic rings. The fourth-order valence-corrected chi connectivity index (χ4v) is 2.77. The van der Waals surface area contributed by atoms with Gasteiger partial charge in [-0.2, -0.15) is 13.2 Å². The maximum absolute atomic E-state index is 12.6. The van der Waals surface area contributed by atoms with Gasteiger partial charge in [-0.1, -0.05) is 0 Å². The molecule has 10 heteroatoms. The van der Waals surface area contributed by atoms with E-state index >= 15 is 0 Å². The molecule has 7 nitrogen and oxygen atoms in total. The standard InChI is InChI=1S/C17H16F3N3O4/c18-17(19,20)10-3-5-11(6-4-10)22-14(24)13-8-21-16(26)23(15(13)25)9-12-2-1-7-27-12/h3-6,8,12H,1-2,7,9H2,(H,21,26)(H,22,24). The summed E-state index contributed by atoms with van der Waals surface area (Å²) >= 11 is 0. The van der Waals surface area contributed by atoms with E-state index in [9.17, 15) is 27.6 Å². The highest BCUT2D eigenvalue weighted by molar-refractivity contribution is 6.03. The normalized spacial score (nSPS) is 17.1. The molecule has 1 saturated heterocycles. The zero-order valence-corrected chi connectivity index (χ0v) is 14.0. The molecule has 1 unspecified atom stereocenters. The van der Waals surface area contributed by atoms with E-state index in [0.29, 0.717) is 13.0 Å². The average Bonchev–Trinajstić information content (AvgIpc) is 3.11. The Balaban J connectivity index is 1.80. The lowest BCUT2D eigenvalue weighted by Crippen LogP contribution is -2.41. The van der Waals surface area contributed by atoms with Gasteiger partial charge in [-0.3, -0.25) is 14.2 Å². The van der Waals surface area contributed by atoms with Crippen molar-refractivity contribution >= 4 is 11.6 Å². The number of carbonyl (C=O) groups is 1. The molecule has 1 fully saturated rings. The number of hydrogen-bond donors (Lipinski definition) is 2. The van der Waals surface area contributed by atoms with Crippen molar-refractivity contribution < 1.29 is 22.7 Å². The number of anilines is 1. The summed E-state index contributed by atoms with van der Waals surface area (Å²) in [4.78, 5) is 39.0. The van der Waals surface area contributed by atoms with E-state index in [-0.39, 0.29) is 23.9 Å². The van der Waals surface area contributed by atoms with E-state index in [1.807, 2.05) is 0 Å². The van der Waals surface area contributed by atoms with Gasteiger partial charge in [-0.05, 0) is 37.1 Å². The van der Waals surface area contributed by atoms with Crippen LogP contribution < -0.4 is 16.6 Å². The van der Waals surface area contributed by atoms with E-state index in [1.165, 1.54) is 0 Å². The van der Waals surface area contributed by atoms with Crippen molar-refractivity contribution in [1.29, 1.82) is 0 Å². The Bertz CT molecular complexity index is 942. The highest BCUT2D eigenvalue weighted by Crippen LogP contribution is 2.29. The lowest BCUT2D eigenvalue weighted by atomic mass is 10.2. The fourth-order valence-electron chi connectivity index (χ4n) is 2.77. The predicted molar refractivity (Wildman–Crippen MR) is 89.7 cm³/mol. The molecule has 1 atom stereocenters. The molecule has 1 aliphatic rings. The zero-order valence-electron chi connectivity index (χ0n) is 14.0. The zero-order chi connectivity index (χ0) is 19.6. The summed E-state index contributed by atoms with van der Waals surface area (Å²) in [6, 6.07) is 3.80. The third kappa shape index (κ3) is 4.27. The SMILES string of the molecule is O=C(Nc1ccc(C(F)(F)F)cc1)c1c[nH]c(=O)n(CC2CCCO2)c1=O. The van der Waals surface area contributed by atoms with Crippen LogP contribution in [0.25, 0.3) is 0 Å². The van der Waals surface area contributed by atoms with Crippen molar-refractivity contribution in [2.45, 2.75) is 31.7 Å². The van der Waals surface area contributed by atoms with Gasteiger partial charge in [0.05, 0.1) is 18.2 Å². The van der Waals surface area contributed by atoms with Crippen LogP contribution in [-0.2, 0) is 17.5 Å². The number of amides is 1. The summed E-state index contributed by atoms with van der Waals surface area (Å²) in [5, 5.41) is 2.35. The lowest BCUT2D eigenvalue weighted by molar-refractivity contribution is -0.137. The Morgan fingerprint density at radius 2 is 1.96 bits per heavy atom. The maximum Gasteiger partial charge on any atom is 0.416 e. The number of halogens is 3. The fraction of sp³-hybridized carbons (Fsp3) is 0.353. The lowest BCUT2D eigenvalue weighted by Gasteiger charge is -2.12. The minimum Gasteiger partial charge on any atom is -0.376 e. The highest BCUT2D eigenvalue weighted by Gasteiger charge is 2.30. The van der Waals surface area contributed by atoms with E-state index in [0.717, 1.165) is 41.5 Å². The number of aromatic nitrogens is 2. The number of carbonyl (C=O) groups excluding carboxylic acids is 1. The van der Waals surface area contributed by atoms with Crippen LogP contribution in [0.3, 0.4) is 0 Å². The molecule has 27 heavy (non-hydrogen) atoms. The van der Waals surface area contributed by atoms with Crippen LogP contribution in [0.5, 0.6) is 0 Å². The number of rotatable bonds is 4. The van der Waals surface area contributed by atoms with Gasteiger partial charge in [0.25, 0.3) is 11.5 Å². The number of nitrogens with one attached hydrogen (secondary N) is 2. The first-order valence-corrected chi connectivity index (χ1v) is 8.18. The monoisotopic (exact) mass is 383 g/mol. The molecule has 2 heterocycles. The summed E-state index contributed by atoms with van der Waals surface area (Å²) in [5.41, 5.74) is -2.56. The molecule has 144 valence electrons. The van der Waals surface area contributed by atoms with Gasteiger partial charge < -0.3 is 15.0 Å². The summed E-state index contributed by atoms with van der Waals surface area (Å²) in [6.45, 7) is 0.570. The van der Waals surface area contributed by atoms with E-state index in [1.54, 1.807) is 0 Å². The third-order valence-electron chi connectivity index (χ3n) is 4.19. The van der Waals surface area contributed by atoms with Crippen LogP contribution in [0.2, 0.25) is 0 Å². The molecule has 0 radical (unpaired) electrons. The minimum absolute atomic E-state index is 0.0234. The number of H-pyrrole nitrogens is 1. The summed E-state index contributed by atoms with van der Waals surface area (Å²) in [5.74, 6) is -0.836. The molecule has 1 amide bonds. The molecule has 1 aromatic heterocycles. The first-order chi connectivity index (χ1) is 12.8. The highest BCUT2D eigenvalue weighted by atomic mass is 19.4. The van der Waals surface area contributed by atoms with Crippen LogP contribution in [0, 0.1) is 0 Å². The number of alkyl halides is 3. The van der Waals surface area contributed by atoms with Gasteiger partial charge in [0.1, 0.15) is 5.56 Å². The molecule has 1 aromatic carbocycles. The molecule has 0 bridgehead atoms. The smallest absolute Gasteiger partial charge is 0.376 e. The second-order valence-electron chi connectivity index (χ2n) is 6.09. The van der Waals surface area contributed by atoms with Crippen LogP contribution in [0.4, 0.5) is 18.9 Å². The van der Waals surface area contributed by atoms with Crippen molar-refractivity contribution in [3.8, 4) is 0 Å². The predicted octanol–water partition coefficient (Wildman–Crippen LogP) is 1.99. The van der Waals surface area contributed by atoms with Crippen LogP contribution >= 0.6 is 0 Å². The number of aromatic amines is 1. The Kier molecular flexibility index (Phi) is 5.17. The van der Waals surface area contributed by atoms with E-state index < -0.39 is 28.9 Å². The first-order valence-electron chi connectivity index (χ1n) is 8.18. The second kappa shape index (κ2) is 7.39. The van der Waals surface area contributed by atoms with Crippen molar-refractivity contribution in [2.24, 2.45) is 0 Å². The Hall–Kier alpha value is -2.88. The van der Waals surface area contributed by atoms with E-state index in [2.05, 4.69) is 10.3 Å². The quantitative estimate of drug-likeness (QED) is 0.845. The Labute approximate surface area is 150 Å². The Morgan fingerprint density at radius 3 is 2.56 bits per heavy atom. The van der Waals surface area contributed by atoms with Crippen LogP contribution in [0.1, 0.15) is 28.8 Å². The molecule has 0 aliphatic carbocycles. The van der Waals surface area contributed by atoms with Gasteiger partial charge >= 0.3 is 11.9 Å². The van der Waals surface area contributed by atoms with Crippen molar-refractivity contribution in [3.05, 3.63) is 62.4 Å². The number of nitrogens with zero attached hydrogens (tertiary/aromatic N) is 1. The molecular weight excluding hydrogens is 367 g/mol. The molecule has 3 rings (SSSR count). The van der Waals surface area contributed by atoms with Gasteiger partial charge in [0, 0.05) is 18.5 Å². The second-order valence-corrected chi connectivity index (χ2v) is 6.09. The number of hydrogen-bond acceptors (Lipinski definition) is 4. The minimum atomic E-state index is -4.49. The van der Waals surface area contributed by atoms with Gasteiger partial charge in [-0.25, -0.2) is 4.79 Å². The molecule has 0 spiro atoms. The largest absolute Gasteiger partial charge is 0.416 e. The first kappa shape index (κ1) is 18.9. The topological polar surface area (TPSA) is 93.2 Å². The van der Waals surface area contributed by atoms with Gasteiger partial charge in [-0.15, -0.1) is 0 Å². The number of ether oxygens (including phenoxy) is 1. The molecule has 0 saturated carbocycles. The van der Waals surface area contributed by atoms with Gasteiger partial charge in [0.2, 0.25) is 0 Å². The number of benzene rings is 1. The maximum atomic E-state index is 12.6. The molecule has 1 aliphatic heterocycles. The van der Waals surface area contributed by atoms with Crippen LogP contribution in [-0.4, -0.2) is 28.2 Å². The summed E-state index contributed by atoms with van der Waals surface area (Å²) < 4.78 is 44.0.